The Morgan fingerprint density at radius 3 is 2.50 bits per heavy atom. The molecule has 0 aliphatic rings. The van der Waals surface area contributed by atoms with Gasteiger partial charge >= 0.3 is 5.97 Å². The number of methoxy groups -OCH3 is 2. The summed E-state index contributed by atoms with van der Waals surface area (Å²) >= 11 is 0. The number of ether oxygens (including phenoxy) is 2. The van der Waals surface area contributed by atoms with Crippen LogP contribution in [0.15, 0.2) is 12.1 Å². The van der Waals surface area contributed by atoms with Crippen molar-refractivity contribution in [3.05, 3.63) is 33.4 Å². The maximum absolute atomic E-state index is 12.1. The average molecular weight is 312 g/mol. The predicted molar refractivity (Wildman–Crippen MR) is 75.2 cm³/mol. The zero-order valence-electron chi connectivity index (χ0n) is 12.3. The van der Waals surface area contributed by atoms with Crippen LogP contribution in [0.4, 0.5) is 5.69 Å². The fourth-order valence-electron chi connectivity index (χ4n) is 1.79. The van der Waals surface area contributed by atoms with Crippen molar-refractivity contribution in [1.29, 1.82) is 0 Å². The largest absolute Gasteiger partial charge is 0.496 e. The highest BCUT2D eigenvalue weighted by molar-refractivity contribution is 5.97. The van der Waals surface area contributed by atoms with Crippen molar-refractivity contribution in [1.82, 2.24) is 5.32 Å². The summed E-state index contributed by atoms with van der Waals surface area (Å²) in [5.74, 6) is -1.88. The fraction of sp³-hybridized carbons (Fsp3) is 0.385. The lowest BCUT2D eigenvalue weighted by molar-refractivity contribution is -0.385. The standard InChI is InChI=1S/C13H16N2O7/c1-7-10(15(19)20)4-8(5-11(7)22-3)12(16)14-9(6-21-2)13(17)18/h4-5,9H,6H2,1-3H3,(H,14,16)(H,17,18). The van der Waals surface area contributed by atoms with Crippen LogP contribution in [0.1, 0.15) is 15.9 Å². The summed E-state index contributed by atoms with van der Waals surface area (Å²) < 4.78 is 9.70. The predicted octanol–water partition coefficient (Wildman–Crippen LogP) is 0.741. The normalized spacial score (nSPS) is 11.6. The van der Waals surface area contributed by atoms with Gasteiger partial charge in [0.05, 0.1) is 24.2 Å². The molecule has 1 rings (SSSR count). The summed E-state index contributed by atoms with van der Waals surface area (Å²) in [6.45, 7) is 1.26. The van der Waals surface area contributed by atoms with Crippen molar-refractivity contribution >= 4 is 17.6 Å². The van der Waals surface area contributed by atoms with Crippen molar-refractivity contribution in [2.75, 3.05) is 20.8 Å². The molecule has 0 heterocycles. The number of nitrogens with zero attached hydrogens (tertiary/aromatic N) is 1. The molecule has 0 aliphatic carbocycles. The Kier molecular flexibility index (Phi) is 5.81. The van der Waals surface area contributed by atoms with Crippen LogP contribution in [-0.4, -0.2) is 48.8 Å². The Morgan fingerprint density at radius 2 is 2.05 bits per heavy atom. The number of rotatable bonds is 7. The molecule has 1 aromatic carbocycles. The maximum atomic E-state index is 12.1. The highest BCUT2D eigenvalue weighted by Gasteiger charge is 2.24. The lowest BCUT2D eigenvalue weighted by atomic mass is 10.1. The van der Waals surface area contributed by atoms with Crippen LogP contribution in [0.25, 0.3) is 0 Å². The molecule has 0 fully saturated rings. The van der Waals surface area contributed by atoms with Gasteiger partial charge in [0.1, 0.15) is 5.75 Å². The van der Waals surface area contributed by atoms with Crippen molar-refractivity contribution in [2.24, 2.45) is 0 Å². The molecule has 22 heavy (non-hydrogen) atoms. The molecule has 120 valence electrons. The van der Waals surface area contributed by atoms with Crippen molar-refractivity contribution in [3.63, 3.8) is 0 Å². The van der Waals surface area contributed by atoms with Crippen molar-refractivity contribution in [2.45, 2.75) is 13.0 Å². The van der Waals surface area contributed by atoms with E-state index in [1.165, 1.54) is 27.2 Å². The maximum Gasteiger partial charge on any atom is 0.328 e. The first-order valence-corrected chi connectivity index (χ1v) is 6.17. The Morgan fingerprint density at radius 1 is 1.41 bits per heavy atom. The van der Waals surface area contributed by atoms with Gasteiger partial charge in [-0.1, -0.05) is 0 Å². The number of nitro groups is 1. The van der Waals surface area contributed by atoms with Crippen LogP contribution in [-0.2, 0) is 9.53 Å². The first-order valence-electron chi connectivity index (χ1n) is 6.17. The Labute approximate surface area is 126 Å². The zero-order chi connectivity index (χ0) is 16.9. The van der Waals surface area contributed by atoms with Crippen LogP contribution >= 0.6 is 0 Å². The molecular formula is C13H16N2O7. The van der Waals surface area contributed by atoms with Crippen LogP contribution in [0.5, 0.6) is 5.75 Å². The molecular weight excluding hydrogens is 296 g/mol. The van der Waals surface area contributed by atoms with Gasteiger partial charge < -0.3 is 19.9 Å². The van der Waals surface area contributed by atoms with Gasteiger partial charge in [-0.15, -0.1) is 0 Å². The number of hydrogen-bond donors (Lipinski definition) is 2. The van der Waals surface area contributed by atoms with E-state index >= 15 is 0 Å². The topological polar surface area (TPSA) is 128 Å². The molecule has 2 N–H and O–H groups in total. The SMILES string of the molecule is COCC(NC(=O)c1cc(OC)c(C)c([N+](=O)[O-])c1)C(=O)O. The summed E-state index contributed by atoms with van der Waals surface area (Å²) in [7, 11) is 2.61. The van der Waals surface area contributed by atoms with E-state index in [1.54, 1.807) is 0 Å². The van der Waals surface area contributed by atoms with E-state index in [-0.39, 0.29) is 29.2 Å². The third-order valence-electron chi connectivity index (χ3n) is 2.95. The summed E-state index contributed by atoms with van der Waals surface area (Å²) in [4.78, 5) is 33.4. The highest BCUT2D eigenvalue weighted by atomic mass is 16.6. The van der Waals surface area contributed by atoms with Crippen LogP contribution in [0, 0.1) is 17.0 Å². The zero-order valence-corrected chi connectivity index (χ0v) is 12.3. The number of carbonyl (C=O) groups excluding carboxylic acids is 1. The van der Waals surface area contributed by atoms with E-state index in [4.69, 9.17) is 14.6 Å². The molecule has 9 heteroatoms. The van der Waals surface area contributed by atoms with Gasteiger partial charge in [0.2, 0.25) is 0 Å². The van der Waals surface area contributed by atoms with Crippen LogP contribution < -0.4 is 10.1 Å². The number of amides is 1. The minimum absolute atomic E-state index is 0.0727. The Balaban J connectivity index is 3.15. The second-order valence-electron chi connectivity index (χ2n) is 4.40. The van der Waals surface area contributed by atoms with Gasteiger partial charge in [0.25, 0.3) is 11.6 Å². The Bertz CT molecular complexity index is 600. The van der Waals surface area contributed by atoms with Gasteiger partial charge in [-0.2, -0.15) is 0 Å². The second kappa shape index (κ2) is 7.36. The van der Waals surface area contributed by atoms with Gasteiger partial charge in [-0.25, -0.2) is 4.79 Å². The molecule has 1 unspecified atom stereocenters. The molecule has 9 nitrogen and oxygen atoms in total. The summed E-state index contributed by atoms with van der Waals surface area (Å²) in [6.07, 6.45) is 0. The second-order valence-corrected chi connectivity index (χ2v) is 4.40. The van der Waals surface area contributed by atoms with E-state index in [0.29, 0.717) is 0 Å². The third-order valence-corrected chi connectivity index (χ3v) is 2.95. The molecule has 0 bridgehead atoms. The third kappa shape index (κ3) is 3.92. The molecule has 1 atom stereocenters. The molecule has 1 aromatic rings. The number of benzene rings is 1. The fourth-order valence-corrected chi connectivity index (χ4v) is 1.79. The first-order chi connectivity index (χ1) is 10.3. The van der Waals surface area contributed by atoms with E-state index in [9.17, 15) is 19.7 Å². The molecule has 0 saturated heterocycles. The number of carboxylic acids is 1. The number of nitrogens with one attached hydrogen (secondary N) is 1. The molecule has 1 amide bonds. The first kappa shape index (κ1) is 17.4. The van der Waals surface area contributed by atoms with Crippen molar-refractivity contribution in [3.8, 4) is 5.75 Å². The summed E-state index contributed by atoms with van der Waals surface area (Å²) in [5, 5.41) is 22.2. The number of hydrogen-bond acceptors (Lipinski definition) is 6. The smallest absolute Gasteiger partial charge is 0.328 e. The lowest BCUT2D eigenvalue weighted by Gasteiger charge is -2.14. The average Bonchev–Trinajstić information content (AvgIpc) is 2.46. The number of aliphatic carboxylic acids is 1. The number of nitro benzene ring substituents is 1. The molecule has 0 spiro atoms. The number of carboxylic acid groups (broad SMARTS) is 1. The number of carbonyl (C=O) groups is 2. The van der Waals surface area contributed by atoms with E-state index < -0.39 is 22.8 Å². The van der Waals surface area contributed by atoms with Gasteiger partial charge in [-0.3, -0.25) is 14.9 Å². The van der Waals surface area contributed by atoms with E-state index in [2.05, 4.69) is 5.32 Å². The minimum Gasteiger partial charge on any atom is -0.496 e. The quantitative estimate of drug-likeness (QED) is 0.561. The summed E-state index contributed by atoms with van der Waals surface area (Å²) in [6, 6.07) is 1.12. The Hall–Kier alpha value is -2.68. The van der Waals surface area contributed by atoms with Gasteiger partial charge in [0, 0.05) is 18.7 Å². The van der Waals surface area contributed by atoms with E-state index in [0.717, 1.165) is 6.07 Å². The minimum atomic E-state index is -1.27. The molecule has 0 radical (unpaired) electrons. The van der Waals surface area contributed by atoms with Gasteiger partial charge in [0.15, 0.2) is 6.04 Å². The molecule has 0 aliphatic heterocycles. The van der Waals surface area contributed by atoms with Crippen LogP contribution in [0.3, 0.4) is 0 Å². The highest BCUT2D eigenvalue weighted by Crippen LogP contribution is 2.29. The van der Waals surface area contributed by atoms with Crippen LogP contribution in [0.2, 0.25) is 0 Å². The lowest BCUT2D eigenvalue weighted by Crippen LogP contribution is -2.43. The van der Waals surface area contributed by atoms with E-state index in [1.807, 2.05) is 0 Å². The monoisotopic (exact) mass is 312 g/mol. The molecule has 0 saturated carbocycles. The van der Waals surface area contributed by atoms with Gasteiger partial charge in [-0.05, 0) is 13.0 Å². The molecule has 0 aromatic heterocycles. The summed E-state index contributed by atoms with van der Waals surface area (Å²) in [5.41, 5.74) is -0.0876. The van der Waals surface area contributed by atoms with Crippen molar-refractivity contribution < 1.29 is 29.1 Å².